The number of nitrogens with one attached hydrogen (secondary N) is 2. The standard InChI is InChI=1S/C28H30FN7O2/c29-21-9-5-19(6-10-21)24-17-26(24)31-13-1-4-25(28(38)35-15-2-3-23(35)18-30)33-27(37)20-7-11-22(12-8-20)36-16-14-32-34-36/h5-12,14,16,23-26,31H,1-4,13,15,17H2,(H,33,37)/t23?,24-,25?,26+/m0/s1. The summed E-state index contributed by atoms with van der Waals surface area (Å²) in [6.45, 7) is 1.21. The number of halogens is 1. The lowest BCUT2D eigenvalue weighted by molar-refractivity contribution is -0.133. The van der Waals surface area contributed by atoms with E-state index in [-0.39, 0.29) is 17.6 Å². The summed E-state index contributed by atoms with van der Waals surface area (Å²) >= 11 is 0. The SMILES string of the molecule is N#CC1CCCN1C(=O)C(CCCN[C@@H]1C[C@H]1c1ccc(F)cc1)NC(=O)c1ccc(-n2ccnn2)cc1. The van der Waals surface area contributed by atoms with Gasteiger partial charge in [0, 0.05) is 24.1 Å². The number of nitrogens with zero attached hydrogens (tertiary/aromatic N) is 5. The van der Waals surface area contributed by atoms with Crippen LogP contribution in [-0.4, -0.2) is 62.9 Å². The first kappa shape index (κ1) is 25.5. The fourth-order valence-electron chi connectivity index (χ4n) is 5.07. The summed E-state index contributed by atoms with van der Waals surface area (Å²) in [6.07, 6.45) is 6.85. The first-order valence-electron chi connectivity index (χ1n) is 13.0. The fourth-order valence-corrected chi connectivity index (χ4v) is 5.07. The van der Waals surface area contributed by atoms with Gasteiger partial charge in [0.2, 0.25) is 5.91 Å². The third kappa shape index (κ3) is 5.89. The maximum Gasteiger partial charge on any atom is 0.251 e. The molecule has 1 aromatic heterocycles. The molecule has 2 fully saturated rings. The molecule has 3 aromatic rings. The van der Waals surface area contributed by atoms with Gasteiger partial charge < -0.3 is 15.5 Å². The maximum absolute atomic E-state index is 13.4. The molecule has 0 bridgehead atoms. The summed E-state index contributed by atoms with van der Waals surface area (Å²) in [7, 11) is 0. The summed E-state index contributed by atoms with van der Waals surface area (Å²) in [5.41, 5.74) is 2.32. The van der Waals surface area contributed by atoms with Gasteiger partial charge in [-0.1, -0.05) is 17.3 Å². The van der Waals surface area contributed by atoms with Gasteiger partial charge >= 0.3 is 0 Å². The van der Waals surface area contributed by atoms with Crippen LogP contribution < -0.4 is 10.6 Å². The molecule has 2 aliphatic rings. The highest BCUT2D eigenvalue weighted by atomic mass is 19.1. The highest BCUT2D eigenvalue weighted by Gasteiger charge is 2.38. The second-order valence-corrected chi connectivity index (χ2v) is 9.84. The number of carbonyl (C=O) groups excluding carboxylic acids is 2. The number of likely N-dealkylation sites (tertiary alicyclic amines) is 1. The van der Waals surface area contributed by atoms with E-state index >= 15 is 0 Å². The Morgan fingerprint density at radius 3 is 2.66 bits per heavy atom. The Kier molecular flexibility index (Phi) is 7.75. The Hall–Kier alpha value is -4.10. The van der Waals surface area contributed by atoms with Crippen LogP contribution in [0, 0.1) is 17.1 Å². The lowest BCUT2D eigenvalue weighted by Crippen LogP contribution is -2.50. The highest BCUT2D eigenvalue weighted by Crippen LogP contribution is 2.40. The number of rotatable bonds is 10. The monoisotopic (exact) mass is 515 g/mol. The summed E-state index contributed by atoms with van der Waals surface area (Å²) in [6, 6.07) is 14.9. The van der Waals surface area contributed by atoms with E-state index in [2.05, 4.69) is 27.0 Å². The second kappa shape index (κ2) is 11.5. The molecule has 196 valence electrons. The zero-order chi connectivity index (χ0) is 26.5. The number of aromatic nitrogens is 3. The first-order valence-corrected chi connectivity index (χ1v) is 13.0. The molecule has 10 heteroatoms. The topological polar surface area (TPSA) is 116 Å². The summed E-state index contributed by atoms with van der Waals surface area (Å²) < 4.78 is 14.8. The van der Waals surface area contributed by atoms with Crippen LogP contribution in [0.1, 0.15) is 53.9 Å². The summed E-state index contributed by atoms with van der Waals surface area (Å²) in [5.74, 6) is -0.418. The molecule has 1 saturated carbocycles. The van der Waals surface area contributed by atoms with Gasteiger partial charge in [0.25, 0.3) is 5.91 Å². The van der Waals surface area contributed by atoms with Gasteiger partial charge in [-0.05, 0) is 80.6 Å². The van der Waals surface area contributed by atoms with Crippen LogP contribution in [-0.2, 0) is 4.79 Å². The van der Waals surface area contributed by atoms with Crippen molar-refractivity contribution in [3.05, 3.63) is 77.9 Å². The zero-order valence-corrected chi connectivity index (χ0v) is 21.0. The van der Waals surface area contributed by atoms with E-state index in [1.807, 2.05) is 12.1 Å². The van der Waals surface area contributed by atoms with Crippen LogP contribution in [0.3, 0.4) is 0 Å². The van der Waals surface area contributed by atoms with Crippen molar-refractivity contribution in [1.29, 1.82) is 5.26 Å². The third-order valence-corrected chi connectivity index (χ3v) is 7.27. The molecule has 4 atom stereocenters. The Balaban J connectivity index is 1.18. The first-order chi connectivity index (χ1) is 18.5. The van der Waals surface area contributed by atoms with E-state index in [9.17, 15) is 19.2 Å². The van der Waals surface area contributed by atoms with Crippen molar-refractivity contribution in [3.63, 3.8) is 0 Å². The van der Waals surface area contributed by atoms with Crippen LogP contribution in [0.5, 0.6) is 0 Å². The predicted molar refractivity (Wildman–Crippen MR) is 138 cm³/mol. The predicted octanol–water partition coefficient (Wildman–Crippen LogP) is 2.95. The average molecular weight is 516 g/mol. The molecular weight excluding hydrogens is 485 g/mol. The van der Waals surface area contributed by atoms with Gasteiger partial charge in [0.1, 0.15) is 17.9 Å². The van der Waals surface area contributed by atoms with Gasteiger partial charge in [-0.2, -0.15) is 5.26 Å². The third-order valence-electron chi connectivity index (χ3n) is 7.27. The van der Waals surface area contributed by atoms with Crippen LogP contribution >= 0.6 is 0 Å². The van der Waals surface area contributed by atoms with E-state index in [0.717, 1.165) is 24.1 Å². The zero-order valence-electron chi connectivity index (χ0n) is 21.0. The molecule has 1 aliphatic heterocycles. The Labute approximate surface area is 220 Å². The summed E-state index contributed by atoms with van der Waals surface area (Å²) in [5, 5.41) is 23.6. The van der Waals surface area contributed by atoms with E-state index < -0.39 is 12.1 Å². The van der Waals surface area contributed by atoms with Crippen LogP contribution in [0.25, 0.3) is 5.69 Å². The molecule has 1 saturated heterocycles. The largest absolute Gasteiger partial charge is 0.340 e. The van der Waals surface area contributed by atoms with E-state index in [1.54, 1.807) is 46.2 Å². The van der Waals surface area contributed by atoms with Gasteiger partial charge in [0.05, 0.1) is 24.2 Å². The molecule has 2 aromatic carbocycles. The molecule has 9 nitrogen and oxygen atoms in total. The van der Waals surface area contributed by atoms with Crippen LogP contribution in [0.15, 0.2) is 60.9 Å². The fraction of sp³-hybridized carbons (Fsp3) is 0.393. The van der Waals surface area contributed by atoms with Crippen molar-refractivity contribution in [2.75, 3.05) is 13.1 Å². The Morgan fingerprint density at radius 1 is 1.16 bits per heavy atom. The van der Waals surface area contributed by atoms with Crippen LogP contribution in [0.4, 0.5) is 4.39 Å². The van der Waals surface area contributed by atoms with Gasteiger partial charge in [-0.25, -0.2) is 9.07 Å². The molecule has 2 unspecified atom stereocenters. The van der Waals surface area contributed by atoms with Crippen molar-refractivity contribution in [2.45, 2.75) is 56.1 Å². The lowest BCUT2D eigenvalue weighted by Gasteiger charge is -2.26. The second-order valence-electron chi connectivity index (χ2n) is 9.84. The number of amides is 2. The smallest absolute Gasteiger partial charge is 0.251 e. The van der Waals surface area contributed by atoms with Gasteiger partial charge in [-0.3, -0.25) is 9.59 Å². The molecular formula is C28H30FN7O2. The number of hydrogen-bond acceptors (Lipinski definition) is 6. The number of nitriles is 1. The molecule has 5 rings (SSSR count). The Bertz CT molecular complexity index is 1290. The molecule has 2 heterocycles. The van der Waals surface area contributed by atoms with Crippen molar-refractivity contribution >= 4 is 11.8 Å². The maximum atomic E-state index is 13.4. The van der Waals surface area contributed by atoms with Crippen molar-refractivity contribution in [2.24, 2.45) is 0 Å². The number of hydrogen-bond donors (Lipinski definition) is 2. The molecule has 1 aliphatic carbocycles. The van der Waals surface area contributed by atoms with E-state index in [0.29, 0.717) is 49.9 Å². The summed E-state index contributed by atoms with van der Waals surface area (Å²) in [4.78, 5) is 28.1. The Morgan fingerprint density at radius 2 is 1.95 bits per heavy atom. The van der Waals surface area contributed by atoms with Crippen molar-refractivity contribution in [1.82, 2.24) is 30.5 Å². The van der Waals surface area contributed by atoms with E-state index in [4.69, 9.17) is 0 Å². The average Bonchev–Trinajstić information content (AvgIpc) is 3.31. The van der Waals surface area contributed by atoms with Gasteiger partial charge in [0.15, 0.2) is 0 Å². The van der Waals surface area contributed by atoms with Gasteiger partial charge in [-0.15, -0.1) is 5.10 Å². The van der Waals surface area contributed by atoms with Crippen molar-refractivity contribution in [3.8, 4) is 11.8 Å². The lowest BCUT2D eigenvalue weighted by atomic mass is 10.1. The molecule has 0 spiro atoms. The minimum Gasteiger partial charge on any atom is -0.340 e. The number of benzene rings is 2. The molecule has 2 N–H and O–H groups in total. The minimum atomic E-state index is -0.722. The van der Waals surface area contributed by atoms with E-state index in [1.165, 1.54) is 12.1 Å². The minimum absolute atomic E-state index is 0.211. The quantitative estimate of drug-likeness (QED) is 0.401. The van der Waals surface area contributed by atoms with Crippen molar-refractivity contribution < 1.29 is 14.0 Å². The number of carbonyl (C=O) groups is 2. The molecule has 38 heavy (non-hydrogen) atoms. The highest BCUT2D eigenvalue weighted by molar-refractivity contribution is 5.97. The molecule has 0 radical (unpaired) electrons. The normalized spacial score (nSPS) is 21.1. The molecule has 2 amide bonds. The van der Waals surface area contributed by atoms with Crippen LogP contribution in [0.2, 0.25) is 0 Å².